The second-order valence-corrected chi connectivity index (χ2v) is 5.74. The van der Waals surface area contributed by atoms with Crippen molar-refractivity contribution in [3.05, 3.63) is 35.4 Å². The molecule has 1 aromatic carbocycles. The third kappa shape index (κ3) is 6.40. The second kappa shape index (κ2) is 8.42. The Kier molecular flexibility index (Phi) is 6.88. The molecule has 0 spiro atoms. The SMILES string of the molecule is CC(C)CNC(=O)c1cccc(C(=O)NCCN(C)C)c1. The first-order valence-electron chi connectivity index (χ1n) is 7.21. The molecule has 2 N–H and O–H groups in total. The van der Waals surface area contributed by atoms with Crippen LogP contribution in [0.2, 0.25) is 0 Å². The lowest BCUT2D eigenvalue weighted by atomic mass is 10.1. The average Bonchev–Trinajstić information content (AvgIpc) is 2.44. The monoisotopic (exact) mass is 291 g/mol. The molecule has 116 valence electrons. The summed E-state index contributed by atoms with van der Waals surface area (Å²) in [6.45, 7) is 6.05. The van der Waals surface area contributed by atoms with E-state index in [0.29, 0.717) is 30.1 Å². The minimum absolute atomic E-state index is 0.147. The highest BCUT2D eigenvalue weighted by molar-refractivity contribution is 5.99. The zero-order chi connectivity index (χ0) is 15.8. The lowest BCUT2D eigenvalue weighted by Gasteiger charge is -2.11. The topological polar surface area (TPSA) is 61.4 Å². The summed E-state index contributed by atoms with van der Waals surface area (Å²) in [4.78, 5) is 26.0. The highest BCUT2D eigenvalue weighted by Gasteiger charge is 2.10. The van der Waals surface area contributed by atoms with Crippen molar-refractivity contribution < 1.29 is 9.59 Å². The number of nitrogens with one attached hydrogen (secondary N) is 2. The number of hydrogen-bond acceptors (Lipinski definition) is 3. The van der Waals surface area contributed by atoms with Gasteiger partial charge in [-0.1, -0.05) is 19.9 Å². The van der Waals surface area contributed by atoms with Crippen molar-refractivity contribution in [1.82, 2.24) is 15.5 Å². The van der Waals surface area contributed by atoms with Crippen LogP contribution in [0.1, 0.15) is 34.6 Å². The molecule has 0 radical (unpaired) electrons. The van der Waals surface area contributed by atoms with Crippen molar-refractivity contribution in [3.63, 3.8) is 0 Å². The summed E-state index contributed by atoms with van der Waals surface area (Å²) in [6, 6.07) is 6.78. The van der Waals surface area contributed by atoms with E-state index in [-0.39, 0.29) is 11.8 Å². The van der Waals surface area contributed by atoms with Crippen molar-refractivity contribution in [3.8, 4) is 0 Å². The first kappa shape index (κ1) is 17.2. The van der Waals surface area contributed by atoms with Gasteiger partial charge in [0.1, 0.15) is 0 Å². The molecule has 0 aliphatic carbocycles. The van der Waals surface area contributed by atoms with Gasteiger partial charge in [-0.3, -0.25) is 9.59 Å². The number of nitrogens with zero attached hydrogens (tertiary/aromatic N) is 1. The second-order valence-electron chi connectivity index (χ2n) is 5.74. The molecule has 2 amide bonds. The molecule has 5 nitrogen and oxygen atoms in total. The Labute approximate surface area is 126 Å². The summed E-state index contributed by atoms with van der Waals surface area (Å²) in [5.41, 5.74) is 1.02. The van der Waals surface area contributed by atoms with Crippen molar-refractivity contribution in [1.29, 1.82) is 0 Å². The van der Waals surface area contributed by atoms with Crippen molar-refractivity contribution >= 4 is 11.8 Å². The molecule has 1 rings (SSSR count). The van der Waals surface area contributed by atoms with Crippen LogP contribution in [0.15, 0.2) is 24.3 Å². The Hall–Kier alpha value is -1.88. The van der Waals surface area contributed by atoms with Gasteiger partial charge in [-0.05, 0) is 38.2 Å². The fraction of sp³-hybridized carbons (Fsp3) is 0.500. The molecule has 0 atom stereocenters. The summed E-state index contributed by atoms with van der Waals surface area (Å²) in [6.07, 6.45) is 0. The van der Waals surface area contributed by atoms with Gasteiger partial charge in [0.25, 0.3) is 11.8 Å². The number of hydrogen-bond donors (Lipinski definition) is 2. The van der Waals surface area contributed by atoms with Crippen LogP contribution in [-0.4, -0.2) is 50.4 Å². The number of benzene rings is 1. The fourth-order valence-electron chi connectivity index (χ4n) is 1.70. The van der Waals surface area contributed by atoms with Crippen LogP contribution in [0, 0.1) is 5.92 Å². The van der Waals surface area contributed by atoms with Gasteiger partial charge in [-0.25, -0.2) is 0 Å². The fourth-order valence-corrected chi connectivity index (χ4v) is 1.70. The van der Waals surface area contributed by atoms with E-state index in [4.69, 9.17) is 0 Å². The Morgan fingerprint density at radius 1 is 1.10 bits per heavy atom. The van der Waals surface area contributed by atoms with Crippen molar-refractivity contribution in [2.45, 2.75) is 13.8 Å². The molecule has 1 aromatic rings. The molecular formula is C16H25N3O2. The summed E-state index contributed by atoms with van der Waals surface area (Å²) < 4.78 is 0. The van der Waals surface area contributed by atoms with Gasteiger partial charge in [0, 0.05) is 30.8 Å². The molecule has 0 aromatic heterocycles. The third-order valence-corrected chi connectivity index (χ3v) is 2.90. The molecule has 0 aliphatic heterocycles. The number of likely N-dealkylation sites (N-methyl/N-ethyl adjacent to an activating group) is 1. The summed E-state index contributed by atoms with van der Waals surface area (Å²) in [5.74, 6) is 0.0912. The Bertz CT molecular complexity index is 484. The highest BCUT2D eigenvalue weighted by atomic mass is 16.2. The summed E-state index contributed by atoms with van der Waals surface area (Å²) in [7, 11) is 3.90. The molecule has 0 unspecified atom stereocenters. The smallest absolute Gasteiger partial charge is 0.251 e. The van der Waals surface area contributed by atoms with Gasteiger partial charge in [0.15, 0.2) is 0 Å². The number of carbonyl (C=O) groups excluding carboxylic acids is 2. The summed E-state index contributed by atoms with van der Waals surface area (Å²) >= 11 is 0. The lowest BCUT2D eigenvalue weighted by Crippen LogP contribution is -2.31. The molecule has 0 heterocycles. The summed E-state index contributed by atoms with van der Waals surface area (Å²) in [5, 5.41) is 5.68. The normalized spacial score (nSPS) is 10.8. The van der Waals surface area contributed by atoms with Crippen LogP contribution in [0.5, 0.6) is 0 Å². The van der Waals surface area contributed by atoms with E-state index >= 15 is 0 Å². The average molecular weight is 291 g/mol. The van der Waals surface area contributed by atoms with Gasteiger partial charge < -0.3 is 15.5 Å². The predicted octanol–water partition coefficient (Wildman–Crippen LogP) is 1.36. The van der Waals surface area contributed by atoms with Crippen LogP contribution in [0.25, 0.3) is 0 Å². The van der Waals surface area contributed by atoms with Crippen LogP contribution in [0.3, 0.4) is 0 Å². The minimum atomic E-state index is -0.157. The van der Waals surface area contributed by atoms with Gasteiger partial charge >= 0.3 is 0 Å². The Balaban J connectivity index is 2.62. The molecule has 0 saturated carbocycles. The van der Waals surface area contributed by atoms with E-state index in [0.717, 1.165) is 6.54 Å². The van der Waals surface area contributed by atoms with Gasteiger partial charge in [0.05, 0.1) is 0 Å². The van der Waals surface area contributed by atoms with Crippen LogP contribution >= 0.6 is 0 Å². The number of carbonyl (C=O) groups is 2. The Morgan fingerprint density at radius 2 is 1.67 bits per heavy atom. The number of rotatable bonds is 7. The van der Waals surface area contributed by atoms with Crippen LogP contribution in [0.4, 0.5) is 0 Å². The first-order valence-corrected chi connectivity index (χ1v) is 7.21. The van der Waals surface area contributed by atoms with Crippen LogP contribution < -0.4 is 10.6 Å². The Morgan fingerprint density at radius 3 is 2.19 bits per heavy atom. The van der Waals surface area contributed by atoms with E-state index in [2.05, 4.69) is 10.6 Å². The zero-order valence-corrected chi connectivity index (χ0v) is 13.3. The molecule has 21 heavy (non-hydrogen) atoms. The largest absolute Gasteiger partial charge is 0.352 e. The minimum Gasteiger partial charge on any atom is -0.352 e. The van der Waals surface area contributed by atoms with E-state index in [1.54, 1.807) is 24.3 Å². The van der Waals surface area contributed by atoms with Crippen molar-refractivity contribution in [2.24, 2.45) is 5.92 Å². The maximum absolute atomic E-state index is 12.0. The molecular weight excluding hydrogens is 266 g/mol. The molecule has 0 fully saturated rings. The van der Waals surface area contributed by atoms with Gasteiger partial charge in [-0.15, -0.1) is 0 Å². The standard InChI is InChI=1S/C16H25N3O2/c1-12(2)11-18-16(21)14-7-5-6-13(10-14)15(20)17-8-9-19(3)4/h5-7,10,12H,8-9,11H2,1-4H3,(H,17,20)(H,18,21). The van der Waals surface area contributed by atoms with E-state index in [9.17, 15) is 9.59 Å². The maximum Gasteiger partial charge on any atom is 0.251 e. The van der Waals surface area contributed by atoms with E-state index < -0.39 is 0 Å². The first-order chi connectivity index (χ1) is 9.90. The third-order valence-electron chi connectivity index (χ3n) is 2.90. The molecule has 0 bridgehead atoms. The van der Waals surface area contributed by atoms with E-state index in [1.165, 1.54) is 0 Å². The lowest BCUT2D eigenvalue weighted by molar-refractivity contribution is 0.0949. The maximum atomic E-state index is 12.0. The predicted molar refractivity (Wildman–Crippen MR) is 84.5 cm³/mol. The quantitative estimate of drug-likeness (QED) is 0.797. The van der Waals surface area contributed by atoms with Gasteiger partial charge in [-0.2, -0.15) is 0 Å². The molecule has 0 aliphatic rings. The molecule has 0 saturated heterocycles. The number of amides is 2. The zero-order valence-electron chi connectivity index (χ0n) is 13.3. The van der Waals surface area contributed by atoms with E-state index in [1.807, 2.05) is 32.8 Å². The molecule has 5 heteroatoms. The van der Waals surface area contributed by atoms with Crippen LogP contribution in [-0.2, 0) is 0 Å². The van der Waals surface area contributed by atoms with Gasteiger partial charge in [0.2, 0.25) is 0 Å². The van der Waals surface area contributed by atoms with Crippen molar-refractivity contribution in [2.75, 3.05) is 33.7 Å². The highest BCUT2D eigenvalue weighted by Crippen LogP contribution is 2.05.